The van der Waals surface area contributed by atoms with Gasteiger partial charge in [0.25, 0.3) is 0 Å². The molecule has 8 nitrogen and oxygen atoms in total. The van der Waals surface area contributed by atoms with Gasteiger partial charge in [0.05, 0.1) is 12.1 Å². The van der Waals surface area contributed by atoms with Gasteiger partial charge in [0, 0.05) is 53.3 Å². The van der Waals surface area contributed by atoms with E-state index in [9.17, 15) is 9.18 Å². The van der Waals surface area contributed by atoms with E-state index in [1.165, 1.54) is 12.4 Å². The molecule has 0 atom stereocenters. The van der Waals surface area contributed by atoms with E-state index in [2.05, 4.69) is 25.3 Å². The highest BCUT2D eigenvalue weighted by Gasteiger charge is 2.21. The van der Waals surface area contributed by atoms with Crippen molar-refractivity contribution in [3.63, 3.8) is 0 Å². The maximum atomic E-state index is 14.5. The van der Waals surface area contributed by atoms with Gasteiger partial charge in [-0.1, -0.05) is 0 Å². The highest BCUT2D eigenvalue weighted by molar-refractivity contribution is 5.93. The van der Waals surface area contributed by atoms with Crippen molar-refractivity contribution in [2.75, 3.05) is 11.9 Å². The fourth-order valence-electron chi connectivity index (χ4n) is 3.98. The number of nitrogens with one attached hydrogen (secondary N) is 1. The Balaban J connectivity index is 1.57. The lowest BCUT2D eigenvalue weighted by molar-refractivity contribution is 0.112. The molecule has 1 N–H and O–H groups in total. The van der Waals surface area contributed by atoms with E-state index in [4.69, 9.17) is 4.74 Å². The van der Waals surface area contributed by atoms with Crippen LogP contribution in [0.1, 0.15) is 33.1 Å². The van der Waals surface area contributed by atoms with E-state index < -0.39 is 0 Å². The van der Waals surface area contributed by atoms with E-state index in [1.54, 1.807) is 22.9 Å². The first-order valence-electron chi connectivity index (χ1n) is 9.85. The summed E-state index contributed by atoms with van der Waals surface area (Å²) in [5.41, 5.74) is 4.52. The quantitative estimate of drug-likeness (QED) is 0.497. The number of anilines is 1. The Morgan fingerprint density at radius 2 is 2.03 bits per heavy atom. The second-order valence-corrected chi connectivity index (χ2v) is 7.33. The summed E-state index contributed by atoms with van der Waals surface area (Å²) in [7, 11) is 0. The van der Waals surface area contributed by atoms with Crippen LogP contribution in [0.3, 0.4) is 0 Å². The molecule has 1 aliphatic heterocycles. The highest BCUT2D eigenvalue weighted by Crippen LogP contribution is 2.32. The zero-order chi connectivity index (χ0) is 21.5. The molecule has 1 aliphatic rings. The van der Waals surface area contributed by atoms with Gasteiger partial charge in [-0.3, -0.25) is 9.20 Å². The molecule has 1 aromatic carbocycles. The molecule has 0 spiro atoms. The average molecular weight is 418 g/mol. The lowest BCUT2D eigenvalue weighted by atomic mass is 10.0. The predicted molar refractivity (Wildman–Crippen MR) is 112 cm³/mol. The van der Waals surface area contributed by atoms with Crippen LogP contribution in [0.4, 0.5) is 10.3 Å². The number of nitrogens with zero attached hydrogens (tertiary/aromatic N) is 5. The zero-order valence-corrected chi connectivity index (χ0v) is 17.0. The van der Waals surface area contributed by atoms with Gasteiger partial charge in [-0.05, 0) is 26.0 Å². The Labute approximate surface area is 177 Å². The van der Waals surface area contributed by atoms with Crippen LogP contribution in [0.2, 0.25) is 0 Å². The smallest absolute Gasteiger partial charge is 0.208 e. The molecule has 0 fully saturated rings. The molecule has 3 aromatic heterocycles. The molecular formula is C22H19FN6O2. The number of benzene rings is 1. The molecular weight excluding hydrogens is 399 g/mol. The van der Waals surface area contributed by atoms with Crippen LogP contribution < -0.4 is 10.1 Å². The number of aromatic nitrogens is 5. The number of hydrogen-bond acceptors (Lipinski definition) is 7. The summed E-state index contributed by atoms with van der Waals surface area (Å²) in [6, 6.07) is 3.07. The van der Waals surface area contributed by atoms with Crippen LogP contribution in [0.5, 0.6) is 5.75 Å². The molecule has 4 aromatic rings. The van der Waals surface area contributed by atoms with Gasteiger partial charge in [0.1, 0.15) is 29.4 Å². The summed E-state index contributed by atoms with van der Waals surface area (Å²) in [6.07, 6.45) is 6.26. The van der Waals surface area contributed by atoms with Crippen LogP contribution in [0, 0.1) is 19.7 Å². The topological polar surface area (TPSA) is 94.3 Å². The van der Waals surface area contributed by atoms with Crippen molar-refractivity contribution in [1.82, 2.24) is 24.3 Å². The number of ether oxygens (including phenoxy) is 1. The Morgan fingerprint density at radius 3 is 2.84 bits per heavy atom. The van der Waals surface area contributed by atoms with Crippen LogP contribution >= 0.6 is 0 Å². The van der Waals surface area contributed by atoms with Crippen LogP contribution in [0.15, 0.2) is 30.9 Å². The molecule has 0 bridgehead atoms. The third-order valence-electron chi connectivity index (χ3n) is 5.46. The van der Waals surface area contributed by atoms with E-state index >= 15 is 0 Å². The lowest BCUT2D eigenvalue weighted by Crippen LogP contribution is -2.10. The minimum Gasteiger partial charge on any atom is -0.493 e. The van der Waals surface area contributed by atoms with Gasteiger partial charge < -0.3 is 10.1 Å². The Bertz CT molecular complexity index is 1330. The van der Waals surface area contributed by atoms with Gasteiger partial charge in [0.15, 0.2) is 6.29 Å². The standard InChI is InChI=1S/C22H19FN6O2/c1-12-15(7-24-13(2)28-12)17-9-26-22(29-11-27-19(10-30)21(17)29)25-8-16-14-5-6-31-20(14)4-3-18(16)23/h3-4,7,9-11H,5-6,8H2,1-2H3,(H,25,26). The molecule has 156 valence electrons. The molecule has 0 amide bonds. The highest BCUT2D eigenvalue weighted by atomic mass is 19.1. The fraction of sp³-hybridized carbons (Fsp3) is 0.227. The molecule has 0 saturated heterocycles. The molecule has 9 heteroatoms. The molecule has 0 saturated carbocycles. The SMILES string of the molecule is Cc1ncc(-c2cnc(NCc3c(F)ccc4c3CCO4)n3cnc(C=O)c23)c(C)n1. The fourth-order valence-corrected chi connectivity index (χ4v) is 3.98. The molecule has 0 aliphatic carbocycles. The van der Waals surface area contributed by atoms with Gasteiger partial charge in [-0.15, -0.1) is 0 Å². The number of aryl methyl sites for hydroxylation is 2. The normalized spacial score (nSPS) is 12.6. The number of carbonyl (C=O) groups excluding carboxylic acids is 1. The Kier molecular flexibility index (Phi) is 4.58. The number of hydrogen-bond donors (Lipinski definition) is 1. The van der Waals surface area contributed by atoms with Crippen molar-refractivity contribution < 1.29 is 13.9 Å². The summed E-state index contributed by atoms with van der Waals surface area (Å²) in [4.78, 5) is 29.1. The first kappa shape index (κ1) is 19.1. The summed E-state index contributed by atoms with van der Waals surface area (Å²) < 4.78 is 21.7. The van der Waals surface area contributed by atoms with E-state index in [0.29, 0.717) is 53.5 Å². The average Bonchev–Trinajstić information content (AvgIpc) is 3.40. The van der Waals surface area contributed by atoms with Crippen molar-refractivity contribution >= 4 is 17.8 Å². The summed E-state index contributed by atoms with van der Waals surface area (Å²) in [5.74, 6) is 1.53. The van der Waals surface area contributed by atoms with E-state index in [0.717, 1.165) is 16.8 Å². The third-order valence-corrected chi connectivity index (χ3v) is 5.46. The van der Waals surface area contributed by atoms with Crippen molar-refractivity contribution in [3.05, 3.63) is 65.0 Å². The summed E-state index contributed by atoms with van der Waals surface area (Å²) in [6.45, 7) is 4.47. The van der Waals surface area contributed by atoms with Crippen molar-refractivity contribution in [2.24, 2.45) is 0 Å². The van der Waals surface area contributed by atoms with Crippen LogP contribution in [0.25, 0.3) is 16.6 Å². The number of fused-ring (bicyclic) bond motifs is 2. The maximum Gasteiger partial charge on any atom is 0.208 e. The molecule has 0 radical (unpaired) electrons. The molecule has 31 heavy (non-hydrogen) atoms. The maximum absolute atomic E-state index is 14.5. The summed E-state index contributed by atoms with van der Waals surface area (Å²) in [5, 5.41) is 3.18. The second-order valence-electron chi connectivity index (χ2n) is 7.33. The number of aldehydes is 1. The predicted octanol–water partition coefficient (Wildman–Crippen LogP) is 3.30. The largest absolute Gasteiger partial charge is 0.493 e. The molecule has 4 heterocycles. The van der Waals surface area contributed by atoms with Crippen LogP contribution in [-0.2, 0) is 13.0 Å². The minimum absolute atomic E-state index is 0.223. The lowest BCUT2D eigenvalue weighted by Gasteiger charge is -2.14. The van der Waals surface area contributed by atoms with Crippen molar-refractivity contribution in [2.45, 2.75) is 26.8 Å². The van der Waals surface area contributed by atoms with E-state index in [-0.39, 0.29) is 18.1 Å². The molecule has 0 unspecified atom stereocenters. The second kappa shape index (κ2) is 7.42. The number of halogens is 1. The monoisotopic (exact) mass is 418 g/mol. The van der Waals surface area contributed by atoms with Crippen LogP contribution in [-0.4, -0.2) is 37.2 Å². The number of imidazole rings is 1. The van der Waals surface area contributed by atoms with Gasteiger partial charge >= 0.3 is 0 Å². The van der Waals surface area contributed by atoms with Gasteiger partial charge in [-0.25, -0.2) is 24.3 Å². The molecule has 5 rings (SSSR count). The van der Waals surface area contributed by atoms with E-state index in [1.807, 2.05) is 13.8 Å². The van der Waals surface area contributed by atoms with Crippen molar-refractivity contribution in [1.29, 1.82) is 0 Å². The first-order valence-corrected chi connectivity index (χ1v) is 9.85. The third kappa shape index (κ3) is 3.18. The number of rotatable bonds is 5. The van der Waals surface area contributed by atoms with Crippen molar-refractivity contribution in [3.8, 4) is 16.9 Å². The minimum atomic E-state index is -0.295. The number of carbonyl (C=O) groups is 1. The zero-order valence-electron chi connectivity index (χ0n) is 17.0. The van der Waals surface area contributed by atoms with Gasteiger partial charge in [-0.2, -0.15) is 0 Å². The Hall–Kier alpha value is -3.88. The Morgan fingerprint density at radius 1 is 1.19 bits per heavy atom. The van der Waals surface area contributed by atoms with Gasteiger partial charge in [0.2, 0.25) is 5.95 Å². The summed E-state index contributed by atoms with van der Waals surface area (Å²) >= 11 is 0. The first-order chi connectivity index (χ1) is 15.1.